The molecule has 0 aliphatic heterocycles. The second kappa shape index (κ2) is 9.97. The predicted molar refractivity (Wildman–Crippen MR) is 104 cm³/mol. The highest BCUT2D eigenvalue weighted by Crippen LogP contribution is 2.21. The first-order chi connectivity index (χ1) is 11.0. The quantitative estimate of drug-likeness (QED) is 0.699. The smallest absolute Gasteiger partial charge is 0.225 e. The molecule has 2 heterocycles. The third-order valence-electron chi connectivity index (χ3n) is 4.04. The molecule has 0 aromatic carbocycles. The average Bonchev–Trinajstić information content (AvgIpc) is 2.52. The number of anilines is 1. The Morgan fingerprint density at radius 1 is 1.17 bits per heavy atom. The molecule has 0 radical (unpaired) electrons. The summed E-state index contributed by atoms with van der Waals surface area (Å²) >= 11 is 6.03. The Kier molecular flexibility index (Phi) is 8.67. The van der Waals surface area contributed by atoms with Crippen molar-refractivity contribution in [3.8, 4) is 0 Å². The van der Waals surface area contributed by atoms with Gasteiger partial charge in [-0.05, 0) is 70.1 Å². The van der Waals surface area contributed by atoms with Gasteiger partial charge in [-0.1, -0.05) is 13.8 Å². The lowest BCUT2D eigenvalue weighted by atomic mass is 10.1. The summed E-state index contributed by atoms with van der Waals surface area (Å²) in [7, 11) is 0. The van der Waals surface area contributed by atoms with Gasteiger partial charge in [-0.25, -0.2) is 9.97 Å². The molecule has 1 unspecified atom stereocenters. The van der Waals surface area contributed by atoms with E-state index in [4.69, 9.17) is 11.6 Å². The highest BCUT2D eigenvalue weighted by molar-refractivity contribution is 6.28. The van der Waals surface area contributed by atoms with Gasteiger partial charge in [-0.2, -0.15) is 4.98 Å². The molecule has 1 N–H and O–H groups in total. The van der Waals surface area contributed by atoms with E-state index in [0.29, 0.717) is 6.04 Å². The summed E-state index contributed by atoms with van der Waals surface area (Å²) in [6.07, 6.45) is 2.23. The zero-order chi connectivity index (χ0) is 16.8. The lowest BCUT2D eigenvalue weighted by molar-refractivity contribution is 0.295. The van der Waals surface area contributed by atoms with Gasteiger partial charge in [0.2, 0.25) is 5.28 Å². The zero-order valence-electron chi connectivity index (χ0n) is 14.8. The topological polar surface area (TPSA) is 53.9 Å². The number of pyridine rings is 1. The second-order valence-corrected chi connectivity index (χ2v) is 6.21. The van der Waals surface area contributed by atoms with Gasteiger partial charge < -0.3 is 10.2 Å². The van der Waals surface area contributed by atoms with Gasteiger partial charge in [0.15, 0.2) is 5.82 Å². The monoisotopic (exact) mass is 371 g/mol. The van der Waals surface area contributed by atoms with E-state index in [1.807, 2.05) is 19.1 Å². The van der Waals surface area contributed by atoms with Crippen molar-refractivity contribution in [1.82, 2.24) is 19.9 Å². The van der Waals surface area contributed by atoms with E-state index in [0.717, 1.165) is 55.0 Å². The molecule has 24 heavy (non-hydrogen) atoms. The van der Waals surface area contributed by atoms with Gasteiger partial charge in [0.05, 0.1) is 5.52 Å². The molecule has 0 saturated heterocycles. The van der Waals surface area contributed by atoms with Crippen molar-refractivity contribution in [3.63, 3.8) is 0 Å². The highest BCUT2D eigenvalue weighted by atomic mass is 35.5. The van der Waals surface area contributed by atoms with Gasteiger partial charge in [-0.3, -0.25) is 0 Å². The first-order valence-corrected chi connectivity index (χ1v) is 8.71. The molecule has 0 spiro atoms. The average molecular weight is 372 g/mol. The summed E-state index contributed by atoms with van der Waals surface area (Å²) in [5.74, 6) is 0.721. The van der Waals surface area contributed by atoms with E-state index < -0.39 is 0 Å². The molecule has 0 amide bonds. The molecule has 0 saturated carbocycles. The molecule has 0 aliphatic rings. The maximum Gasteiger partial charge on any atom is 0.225 e. The van der Waals surface area contributed by atoms with Crippen LogP contribution in [0, 0.1) is 6.92 Å². The van der Waals surface area contributed by atoms with Crippen LogP contribution in [0.3, 0.4) is 0 Å². The van der Waals surface area contributed by atoms with Crippen LogP contribution in [0.4, 0.5) is 5.82 Å². The first-order valence-electron chi connectivity index (χ1n) is 8.33. The van der Waals surface area contributed by atoms with Gasteiger partial charge in [0.1, 0.15) is 5.52 Å². The van der Waals surface area contributed by atoms with Crippen LogP contribution in [0.2, 0.25) is 5.28 Å². The SMILES string of the molecule is CCN(CC)CCCC(C)Nc1nc(Cl)nc2ccc(C)nc12.Cl. The molecular formula is C17H27Cl2N5. The zero-order valence-corrected chi connectivity index (χ0v) is 16.4. The van der Waals surface area contributed by atoms with Crippen LogP contribution >= 0.6 is 24.0 Å². The molecule has 1 atom stereocenters. The van der Waals surface area contributed by atoms with Crippen molar-refractivity contribution >= 4 is 40.9 Å². The standard InChI is InChI=1S/C17H26ClN5.ClH/c1-5-23(6-2)11-7-8-12(3)20-16-15-14(21-17(18)22-16)10-9-13(4)19-15;/h9-10,12H,5-8,11H2,1-4H3,(H,20,21,22);1H. The number of nitrogens with one attached hydrogen (secondary N) is 1. The Labute approximate surface area is 155 Å². The lowest BCUT2D eigenvalue weighted by Gasteiger charge is -2.20. The molecular weight excluding hydrogens is 345 g/mol. The number of fused-ring (bicyclic) bond motifs is 1. The van der Waals surface area contributed by atoms with E-state index in [1.165, 1.54) is 0 Å². The Bertz CT molecular complexity index is 646. The molecule has 2 aromatic heterocycles. The van der Waals surface area contributed by atoms with Crippen LogP contribution in [-0.4, -0.2) is 45.5 Å². The Morgan fingerprint density at radius 2 is 1.88 bits per heavy atom. The molecule has 0 bridgehead atoms. The van der Waals surface area contributed by atoms with Crippen LogP contribution < -0.4 is 5.32 Å². The van der Waals surface area contributed by atoms with E-state index >= 15 is 0 Å². The minimum atomic E-state index is 0. The fraction of sp³-hybridized carbons (Fsp3) is 0.588. The largest absolute Gasteiger partial charge is 0.366 e. The molecule has 2 aromatic rings. The number of aryl methyl sites for hydroxylation is 1. The number of aromatic nitrogens is 3. The summed E-state index contributed by atoms with van der Waals surface area (Å²) in [5, 5.41) is 3.70. The lowest BCUT2D eigenvalue weighted by Crippen LogP contribution is -2.25. The summed E-state index contributed by atoms with van der Waals surface area (Å²) in [5.41, 5.74) is 2.50. The van der Waals surface area contributed by atoms with Crippen LogP contribution in [-0.2, 0) is 0 Å². The maximum absolute atomic E-state index is 6.03. The third kappa shape index (κ3) is 5.72. The molecule has 0 fully saturated rings. The predicted octanol–water partition coefficient (Wildman–Crippen LogP) is 4.33. The van der Waals surface area contributed by atoms with Crippen molar-refractivity contribution in [2.24, 2.45) is 0 Å². The van der Waals surface area contributed by atoms with Gasteiger partial charge in [0.25, 0.3) is 0 Å². The van der Waals surface area contributed by atoms with Gasteiger partial charge in [0, 0.05) is 11.7 Å². The number of halogens is 2. The fourth-order valence-electron chi connectivity index (χ4n) is 2.65. The molecule has 134 valence electrons. The molecule has 5 nitrogen and oxygen atoms in total. The number of rotatable bonds is 8. The highest BCUT2D eigenvalue weighted by Gasteiger charge is 2.11. The Balaban J connectivity index is 0.00000288. The number of hydrogen-bond acceptors (Lipinski definition) is 5. The normalized spacial score (nSPS) is 12.2. The summed E-state index contributed by atoms with van der Waals surface area (Å²) in [6.45, 7) is 11.9. The molecule has 7 heteroatoms. The van der Waals surface area contributed by atoms with Gasteiger partial charge >= 0.3 is 0 Å². The van der Waals surface area contributed by atoms with Crippen molar-refractivity contribution in [2.75, 3.05) is 25.0 Å². The molecule has 2 rings (SSSR count). The van der Waals surface area contributed by atoms with E-state index in [2.05, 4.69) is 45.9 Å². The Morgan fingerprint density at radius 3 is 2.54 bits per heavy atom. The maximum atomic E-state index is 6.03. The first kappa shape index (κ1) is 20.9. The van der Waals surface area contributed by atoms with E-state index in [1.54, 1.807) is 0 Å². The van der Waals surface area contributed by atoms with E-state index in [-0.39, 0.29) is 17.7 Å². The van der Waals surface area contributed by atoms with Crippen molar-refractivity contribution < 1.29 is 0 Å². The van der Waals surface area contributed by atoms with E-state index in [9.17, 15) is 0 Å². The third-order valence-corrected chi connectivity index (χ3v) is 4.21. The minimum absolute atomic E-state index is 0. The molecule has 0 aliphatic carbocycles. The van der Waals surface area contributed by atoms with Crippen molar-refractivity contribution in [3.05, 3.63) is 23.1 Å². The summed E-state index contributed by atoms with van der Waals surface area (Å²) in [6, 6.07) is 4.17. The van der Waals surface area contributed by atoms with Crippen LogP contribution in [0.25, 0.3) is 11.0 Å². The van der Waals surface area contributed by atoms with Gasteiger partial charge in [-0.15, -0.1) is 12.4 Å². The second-order valence-electron chi connectivity index (χ2n) is 5.88. The van der Waals surface area contributed by atoms with Crippen LogP contribution in [0.15, 0.2) is 12.1 Å². The van der Waals surface area contributed by atoms with Crippen molar-refractivity contribution in [1.29, 1.82) is 0 Å². The van der Waals surface area contributed by atoms with Crippen molar-refractivity contribution in [2.45, 2.75) is 46.6 Å². The Hall–Kier alpha value is -1.17. The summed E-state index contributed by atoms with van der Waals surface area (Å²) in [4.78, 5) is 15.6. The van der Waals surface area contributed by atoms with Crippen LogP contribution in [0.1, 0.15) is 39.3 Å². The minimum Gasteiger partial charge on any atom is -0.366 e. The number of hydrogen-bond donors (Lipinski definition) is 1. The number of nitrogens with zero attached hydrogens (tertiary/aromatic N) is 4. The van der Waals surface area contributed by atoms with Crippen LogP contribution in [0.5, 0.6) is 0 Å². The fourth-order valence-corrected chi connectivity index (χ4v) is 2.83. The summed E-state index contributed by atoms with van der Waals surface area (Å²) < 4.78 is 0.